The molecule has 1 aliphatic rings. The van der Waals surface area contributed by atoms with Crippen LogP contribution in [0, 0.1) is 5.95 Å². The van der Waals surface area contributed by atoms with Gasteiger partial charge in [-0.25, -0.2) is 9.78 Å². The Morgan fingerprint density at radius 2 is 2.07 bits per heavy atom. The van der Waals surface area contributed by atoms with Crippen molar-refractivity contribution >= 4 is 17.8 Å². The van der Waals surface area contributed by atoms with Crippen LogP contribution in [0.5, 0.6) is 0 Å². The number of carbonyl (C=O) groups excluding carboxylic acids is 2. The number of aromatic nitrogens is 2. The van der Waals surface area contributed by atoms with E-state index in [4.69, 9.17) is 4.52 Å². The van der Waals surface area contributed by atoms with E-state index in [0.29, 0.717) is 30.2 Å². The lowest BCUT2D eigenvalue weighted by atomic mass is 9.90. The first-order valence-electron chi connectivity index (χ1n) is 9.61. The minimum Gasteiger partial charge on any atom is -0.358 e. The molecule has 3 rings (SSSR count). The molecule has 29 heavy (non-hydrogen) atoms. The van der Waals surface area contributed by atoms with Gasteiger partial charge in [0.15, 0.2) is 11.6 Å². The molecule has 9 nitrogen and oxygen atoms in total. The fourth-order valence-electron chi connectivity index (χ4n) is 3.39. The summed E-state index contributed by atoms with van der Waals surface area (Å²) in [6, 6.07) is 4.58. The van der Waals surface area contributed by atoms with Crippen molar-refractivity contribution in [3.8, 4) is 0 Å². The molecule has 0 unspecified atom stereocenters. The molecule has 0 bridgehead atoms. The number of piperidine rings is 1. The van der Waals surface area contributed by atoms with E-state index in [2.05, 4.69) is 31.0 Å². The highest BCUT2D eigenvalue weighted by atomic mass is 19.1. The van der Waals surface area contributed by atoms with Crippen LogP contribution in [0.2, 0.25) is 0 Å². The molecule has 10 heteroatoms. The number of hydrogen-bond donors (Lipinski definition) is 3. The van der Waals surface area contributed by atoms with Gasteiger partial charge in [0.1, 0.15) is 5.69 Å². The topological polar surface area (TPSA) is 112 Å². The van der Waals surface area contributed by atoms with E-state index in [0.717, 1.165) is 25.9 Å². The molecule has 156 valence electrons. The molecule has 0 atom stereocenters. The number of amides is 3. The van der Waals surface area contributed by atoms with E-state index in [1.807, 2.05) is 6.92 Å². The van der Waals surface area contributed by atoms with Crippen LogP contribution >= 0.6 is 0 Å². The third kappa shape index (κ3) is 5.29. The SMILES string of the molecule is CCNC(=O)Nc1cc(CN2CCC(c3ccc(C(=O)NC)nc3F)CC2)on1. The third-order valence-corrected chi connectivity index (χ3v) is 4.88. The Kier molecular flexibility index (Phi) is 6.76. The van der Waals surface area contributed by atoms with E-state index in [1.165, 1.54) is 7.05 Å². The zero-order valence-corrected chi connectivity index (χ0v) is 16.5. The van der Waals surface area contributed by atoms with Gasteiger partial charge >= 0.3 is 6.03 Å². The highest BCUT2D eigenvalue weighted by Crippen LogP contribution is 2.30. The highest BCUT2D eigenvalue weighted by molar-refractivity contribution is 5.92. The number of nitrogens with one attached hydrogen (secondary N) is 3. The van der Waals surface area contributed by atoms with Crippen LogP contribution in [0.3, 0.4) is 0 Å². The molecule has 3 amide bonds. The Hall–Kier alpha value is -3.01. The Morgan fingerprint density at radius 3 is 2.72 bits per heavy atom. The summed E-state index contributed by atoms with van der Waals surface area (Å²) in [6.07, 6.45) is 1.55. The van der Waals surface area contributed by atoms with Crippen LogP contribution in [-0.2, 0) is 6.54 Å². The van der Waals surface area contributed by atoms with Gasteiger partial charge in [-0.15, -0.1) is 0 Å². The standard InChI is InChI=1S/C19H25FN6O3/c1-3-22-19(28)24-16-10-13(29-25-16)11-26-8-6-12(7-9-26)14-4-5-15(18(27)21-2)23-17(14)20/h4-5,10,12H,3,6-9,11H2,1-2H3,(H,21,27)(H2,22,24,25,28). The van der Waals surface area contributed by atoms with Crippen molar-refractivity contribution in [3.05, 3.63) is 41.2 Å². The van der Waals surface area contributed by atoms with Crippen LogP contribution < -0.4 is 16.0 Å². The van der Waals surface area contributed by atoms with E-state index in [9.17, 15) is 14.0 Å². The van der Waals surface area contributed by atoms with Gasteiger partial charge in [-0.2, -0.15) is 4.39 Å². The molecule has 2 aromatic rings. The van der Waals surface area contributed by atoms with Crippen molar-refractivity contribution in [2.75, 3.05) is 32.0 Å². The Balaban J connectivity index is 1.53. The maximum Gasteiger partial charge on any atom is 0.320 e. The Morgan fingerprint density at radius 1 is 1.31 bits per heavy atom. The smallest absolute Gasteiger partial charge is 0.320 e. The van der Waals surface area contributed by atoms with Gasteiger partial charge in [-0.1, -0.05) is 11.2 Å². The lowest BCUT2D eigenvalue weighted by Gasteiger charge is -2.31. The van der Waals surface area contributed by atoms with Gasteiger partial charge < -0.3 is 15.2 Å². The normalized spacial score (nSPS) is 15.1. The average Bonchev–Trinajstić information content (AvgIpc) is 3.14. The van der Waals surface area contributed by atoms with E-state index >= 15 is 0 Å². The zero-order valence-electron chi connectivity index (χ0n) is 16.5. The number of hydrogen-bond acceptors (Lipinski definition) is 6. The van der Waals surface area contributed by atoms with Crippen LogP contribution in [0.4, 0.5) is 15.0 Å². The van der Waals surface area contributed by atoms with Gasteiger partial charge in [-0.05, 0) is 44.8 Å². The van der Waals surface area contributed by atoms with Crippen molar-refractivity contribution in [2.24, 2.45) is 0 Å². The second-order valence-corrected chi connectivity index (χ2v) is 6.87. The lowest BCUT2D eigenvalue weighted by Crippen LogP contribution is -2.32. The number of rotatable bonds is 6. The summed E-state index contributed by atoms with van der Waals surface area (Å²) in [7, 11) is 1.49. The molecular weight excluding hydrogens is 379 g/mol. The molecule has 3 N–H and O–H groups in total. The zero-order chi connectivity index (χ0) is 20.8. The van der Waals surface area contributed by atoms with Gasteiger partial charge in [0.05, 0.1) is 6.54 Å². The number of urea groups is 1. The molecule has 3 heterocycles. The number of carbonyl (C=O) groups is 2. The molecule has 1 saturated heterocycles. The van der Waals surface area contributed by atoms with Crippen molar-refractivity contribution in [3.63, 3.8) is 0 Å². The third-order valence-electron chi connectivity index (χ3n) is 4.88. The molecule has 1 fully saturated rings. The fourth-order valence-corrected chi connectivity index (χ4v) is 3.39. The monoisotopic (exact) mass is 404 g/mol. The predicted octanol–water partition coefficient (Wildman–Crippen LogP) is 2.09. The quantitative estimate of drug-likeness (QED) is 0.636. The van der Waals surface area contributed by atoms with E-state index in [1.54, 1.807) is 18.2 Å². The molecular formula is C19H25FN6O3. The second kappa shape index (κ2) is 9.46. The molecule has 0 aliphatic carbocycles. The van der Waals surface area contributed by atoms with E-state index in [-0.39, 0.29) is 17.6 Å². The summed E-state index contributed by atoms with van der Waals surface area (Å²) in [5.41, 5.74) is 0.624. The van der Waals surface area contributed by atoms with Crippen LogP contribution in [0.15, 0.2) is 22.7 Å². The van der Waals surface area contributed by atoms with Gasteiger partial charge in [0.25, 0.3) is 5.91 Å². The maximum absolute atomic E-state index is 14.4. The fraction of sp³-hybridized carbons (Fsp3) is 0.474. The molecule has 0 saturated carbocycles. The number of pyridine rings is 1. The molecule has 0 aromatic carbocycles. The summed E-state index contributed by atoms with van der Waals surface area (Å²) in [6.45, 7) is 4.45. The number of halogens is 1. The van der Waals surface area contributed by atoms with Crippen molar-refractivity contribution in [1.82, 2.24) is 25.7 Å². The minimum absolute atomic E-state index is 0.0576. The summed E-state index contributed by atoms with van der Waals surface area (Å²) >= 11 is 0. The summed E-state index contributed by atoms with van der Waals surface area (Å²) < 4.78 is 19.7. The first-order valence-corrected chi connectivity index (χ1v) is 9.61. The van der Waals surface area contributed by atoms with Crippen molar-refractivity contribution in [2.45, 2.75) is 32.2 Å². The van der Waals surface area contributed by atoms with Crippen molar-refractivity contribution < 1.29 is 18.5 Å². The second-order valence-electron chi connectivity index (χ2n) is 6.87. The largest absolute Gasteiger partial charge is 0.358 e. The summed E-state index contributed by atoms with van der Waals surface area (Å²) in [5.74, 6) is 0.0876. The number of anilines is 1. The molecule has 0 spiro atoms. The molecule has 2 aromatic heterocycles. The first-order chi connectivity index (χ1) is 14.0. The maximum atomic E-state index is 14.4. The van der Waals surface area contributed by atoms with Gasteiger partial charge in [0.2, 0.25) is 5.95 Å². The average molecular weight is 404 g/mol. The lowest BCUT2D eigenvalue weighted by molar-refractivity contribution is 0.0956. The summed E-state index contributed by atoms with van der Waals surface area (Å²) in [4.78, 5) is 29.1. The van der Waals surface area contributed by atoms with Crippen LogP contribution in [0.1, 0.15) is 47.5 Å². The Labute approximate surface area is 168 Å². The predicted molar refractivity (Wildman–Crippen MR) is 104 cm³/mol. The van der Waals surface area contributed by atoms with Crippen molar-refractivity contribution in [1.29, 1.82) is 0 Å². The van der Waals surface area contributed by atoms with Gasteiger partial charge in [0, 0.05) is 25.2 Å². The minimum atomic E-state index is -0.583. The first kappa shape index (κ1) is 20.7. The molecule has 1 aliphatic heterocycles. The molecule has 0 radical (unpaired) electrons. The Bertz CT molecular complexity index is 863. The van der Waals surface area contributed by atoms with E-state index < -0.39 is 11.9 Å². The van der Waals surface area contributed by atoms with Crippen LogP contribution in [-0.4, -0.2) is 53.7 Å². The highest BCUT2D eigenvalue weighted by Gasteiger charge is 2.25. The van der Waals surface area contributed by atoms with Crippen LogP contribution in [0.25, 0.3) is 0 Å². The number of nitrogens with zero attached hydrogens (tertiary/aromatic N) is 3. The van der Waals surface area contributed by atoms with Gasteiger partial charge in [-0.3, -0.25) is 15.0 Å². The number of likely N-dealkylation sites (tertiary alicyclic amines) is 1. The summed E-state index contributed by atoms with van der Waals surface area (Å²) in [5, 5.41) is 11.5.